The Morgan fingerprint density at radius 3 is 2.62 bits per heavy atom. The number of rotatable bonds is 5. The molecule has 1 unspecified atom stereocenters. The van der Waals surface area contributed by atoms with Crippen molar-refractivity contribution in [1.82, 2.24) is 0 Å². The number of hydrogen-bond donors (Lipinski definition) is 1. The Kier molecular flexibility index (Phi) is 4.62. The quantitative estimate of drug-likeness (QED) is 0.830. The molecule has 2 N–H and O–H groups in total. The Bertz CT molecular complexity index is 339. The molecule has 0 aliphatic rings. The maximum Gasteiger partial charge on any atom is 0.121 e. The zero-order valence-corrected chi connectivity index (χ0v) is 10.7. The lowest BCUT2D eigenvalue weighted by atomic mass is 10.1. The van der Waals surface area contributed by atoms with Crippen LogP contribution in [0.5, 0.6) is 5.75 Å². The van der Waals surface area contributed by atoms with E-state index < -0.39 is 0 Å². The highest BCUT2D eigenvalue weighted by molar-refractivity contribution is 5.52. The molecular formula is C13H22N2O. The van der Waals surface area contributed by atoms with E-state index in [1.54, 1.807) is 7.11 Å². The maximum absolute atomic E-state index is 5.57. The van der Waals surface area contributed by atoms with Gasteiger partial charge in [-0.05, 0) is 50.6 Å². The predicted molar refractivity (Wildman–Crippen MR) is 69.3 cm³/mol. The molecular weight excluding hydrogens is 200 g/mol. The van der Waals surface area contributed by atoms with Crippen molar-refractivity contribution < 1.29 is 4.74 Å². The summed E-state index contributed by atoms with van der Waals surface area (Å²) in [5.74, 6) is 0.934. The summed E-state index contributed by atoms with van der Waals surface area (Å²) in [6, 6.07) is 6.69. The van der Waals surface area contributed by atoms with Crippen LogP contribution in [0.15, 0.2) is 18.2 Å². The van der Waals surface area contributed by atoms with Gasteiger partial charge in [-0.2, -0.15) is 0 Å². The zero-order chi connectivity index (χ0) is 12.1. The number of ether oxygens (including phenoxy) is 1. The standard InChI is InChI=1S/C13H22N2O/c1-10-9-12(5-6-13(10)16-4)15(3)11(2)7-8-14/h5-6,9,11H,7-8,14H2,1-4H3. The number of benzene rings is 1. The first-order valence-corrected chi connectivity index (χ1v) is 5.67. The van der Waals surface area contributed by atoms with Crippen molar-refractivity contribution in [1.29, 1.82) is 0 Å². The molecule has 0 bridgehead atoms. The van der Waals surface area contributed by atoms with Gasteiger partial charge in [-0.25, -0.2) is 0 Å². The summed E-state index contributed by atoms with van der Waals surface area (Å²) in [7, 11) is 3.80. The van der Waals surface area contributed by atoms with Crippen LogP contribution < -0.4 is 15.4 Å². The number of nitrogens with two attached hydrogens (primary N) is 1. The summed E-state index contributed by atoms with van der Waals surface area (Å²) in [6.07, 6.45) is 1.00. The van der Waals surface area contributed by atoms with Crippen molar-refractivity contribution in [2.75, 3.05) is 25.6 Å². The van der Waals surface area contributed by atoms with E-state index in [0.717, 1.165) is 24.3 Å². The van der Waals surface area contributed by atoms with Crippen LogP contribution in [0.4, 0.5) is 5.69 Å². The van der Waals surface area contributed by atoms with E-state index in [9.17, 15) is 0 Å². The molecule has 1 aromatic carbocycles. The monoisotopic (exact) mass is 222 g/mol. The average Bonchev–Trinajstić information content (AvgIpc) is 2.28. The third kappa shape index (κ3) is 2.89. The molecule has 0 heterocycles. The van der Waals surface area contributed by atoms with Gasteiger partial charge in [-0.1, -0.05) is 0 Å². The van der Waals surface area contributed by atoms with Crippen LogP contribution in [0, 0.1) is 6.92 Å². The van der Waals surface area contributed by atoms with Crippen molar-refractivity contribution in [2.24, 2.45) is 5.73 Å². The van der Waals surface area contributed by atoms with E-state index in [4.69, 9.17) is 10.5 Å². The van der Waals surface area contributed by atoms with Gasteiger partial charge in [0.15, 0.2) is 0 Å². The van der Waals surface area contributed by atoms with Crippen molar-refractivity contribution in [3.05, 3.63) is 23.8 Å². The lowest BCUT2D eigenvalue weighted by molar-refractivity contribution is 0.411. The molecule has 0 spiro atoms. The molecule has 0 aromatic heterocycles. The molecule has 0 aliphatic heterocycles. The molecule has 0 saturated heterocycles. The molecule has 1 rings (SSSR count). The molecule has 0 saturated carbocycles. The Hall–Kier alpha value is -1.22. The van der Waals surface area contributed by atoms with Crippen molar-refractivity contribution in [3.63, 3.8) is 0 Å². The first-order valence-electron chi connectivity index (χ1n) is 5.67. The minimum atomic E-state index is 0.456. The van der Waals surface area contributed by atoms with Gasteiger partial charge in [0.2, 0.25) is 0 Å². The lowest BCUT2D eigenvalue weighted by Crippen LogP contribution is -2.30. The van der Waals surface area contributed by atoms with Crippen molar-refractivity contribution in [3.8, 4) is 5.75 Å². The van der Waals surface area contributed by atoms with E-state index in [2.05, 4.69) is 37.9 Å². The molecule has 90 valence electrons. The Balaban J connectivity index is 2.84. The van der Waals surface area contributed by atoms with Crippen LogP contribution in [0.2, 0.25) is 0 Å². The summed E-state index contributed by atoms with van der Waals surface area (Å²) in [5.41, 5.74) is 7.94. The van der Waals surface area contributed by atoms with E-state index in [1.165, 1.54) is 5.69 Å². The summed E-state index contributed by atoms with van der Waals surface area (Å²) < 4.78 is 5.25. The van der Waals surface area contributed by atoms with Crippen LogP contribution in [0.3, 0.4) is 0 Å². The average molecular weight is 222 g/mol. The molecule has 3 heteroatoms. The van der Waals surface area contributed by atoms with Gasteiger partial charge in [-0.15, -0.1) is 0 Å². The van der Waals surface area contributed by atoms with Gasteiger partial charge in [0.25, 0.3) is 0 Å². The van der Waals surface area contributed by atoms with E-state index in [-0.39, 0.29) is 0 Å². The largest absolute Gasteiger partial charge is 0.496 e. The van der Waals surface area contributed by atoms with Crippen molar-refractivity contribution in [2.45, 2.75) is 26.3 Å². The molecule has 0 aliphatic carbocycles. The number of hydrogen-bond acceptors (Lipinski definition) is 3. The Morgan fingerprint density at radius 2 is 2.12 bits per heavy atom. The summed E-state index contributed by atoms with van der Waals surface area (Å²) in [4.78, 5) is 2.25. The Morgan fingerprint density at radius 1 is 1.44 bits per heavy atom. The highest BCUT2D eigenvalue weighted by Gasteiger charge is 2.10. The van der Waals surface area contributed by atoms with E-state index >= 15 is 0 Å². The minimum Gasteiger partial charge on any atom is -0.496 e. The van der Waals surface area contributed by atoms with Crippen LogP contribution >= 0.6 is 0 Å². The third-order valence-corrected chi connectivity index (χ3v) is 3.03. The number of methoxy groups -OCH3 is 1. The van der Waals surface area contributed by atoms with Gasteiger partial charge in [0, 0.05) is 18.8 Å². The summed E-state index contributed by atoms with van der Waals surface area (Å²) in [6.45, 7) is 4.97. The highest BCUT2D eigenvalue weighted by Crippen LogP contribution is 2.24. The first kappa shape index (κ1) is 12.8. The first-order chi connectivity index (χ1) is 7.60. The second kappa shape index (κ2) is 5.75. The van der Waals surface area contributed by atoms with Gasteiger partial charge >= 0.3 is 0 Å². The molecule has 1 atom stereocenters. The second-order valence-electron chi connectivity index (χ2n) is 4.19. The van der Waals surface area contributed by atoms with Crippen LogP contribution in [-0.2, 0) is 0 Å². The number of anilines is 1. The van der Waals surface area contributed by atoms with Crippen molar-refractivity contribution >= 4 is 5.69 Å². The predicted octanol–water partition coefficient (Wildman–Crippen LogP) is 2.18. The van der Waals surface area contributed by atoms with Crippen LogP contribution in [-0.4, -0.2) is 26.7 Å². The second-order valence-corrected chi connectivity index (χ2v) is 4.19. The van der Waals surface area contributed by atoms with E-state index in [0.29, 0.717) is 6.04 Å². The zero-order valence-electron chi connectivity index (χ0n) is 10.7. The normalized spacial score (nSPS) is 12.3. The number of aryl methyl sites for hydroxylation is 1. The fourth-order valence-corrected chi connectivity index (χ4v) is 1.77. The van der Waals surface area contributed by atoms with Crippen LogP contribution in [0.1, 0.15) is 18.9 Å². The molecule has 0 amide bonds. The lowest BCUT2D eigenvalue weighted by Gasteiger charge is -2.27. The molecule has 16 heavy (non-hydrogen) atoms. The van der Waals surface area contributed by atoms with Crippen LogP contribution in [0.25, 0.3) is 0 Å². The molecule has 0 fully saturated rings. The minimum absolute atomic E-state index is 0.456. The molecule has 1 aromatic rings. The van der Waals surface area contributed by atoms with Gasteiger partial charge < -0.3 is 15.4 Å². The fourth-order valence-electron chi connectivity index (χ4n) is 1.77. The van der Waals surface area contributed by atoms with Gasteiger partial charge in [0.1, 0.15) is 5.75 Å². The third-order valence-electron chi connectivity index (χ3n) is 3.03. The number of nitrogens with zero attached hydrogens (tertiary/aromatic N) is 1. The highest BCUT2D eigenvalue weighted by atomic mass is 16.5. The van der Waals surface area contributed by atoms with Gasteiger partial charge in [-0.3, -0.25) is 0 Å². The summed E-state index contributed by atoms with van der Waals surface area (Å²) >= 11 is 0. The van der Waals surface area contributed by atoms with Gasteiger partial charge in [0.05, 0.1) is 7.11 Å². The smallest absolute Gasteiger partial charge is 0.121 e. The fraction of sp³-hybridized carbons (Fsp3) is 0.538. The van der Waals surface area contributed by atoms with E-state index in [1.807, 2.05) is 6.07 Å². The SMILES string of the molecule is COc1ccc(N(C)C(C)CCN)cc1C. The topological polar surface area (TPSA) is 38.5 Å². The molecule has 0 radical (unpaired) electrons. The summed E-state index contributed by atoms with van der Waals surface area (Å²) in [5, 5.41) is 0. The maximum atomic E-state index is 5.57. The molecule has 3 nitrogen and oxygen atoms in total. The Labute approximate surface area is 98.2 Å².